The number of halogens is 1. The number of hydrogen-bond donors (Lipinski definition) is 0. The Balaban J connectivity index is 1.96. The molecule has 3 rings (SSSR count). The lowest BCUT2D eigenvalue weighted by molar-refractivity contribution is 0.0559. The Labute approximate surface area is 146 Å². The van der Waals surface area contributed by atoms with Crippen molar-refractivity contribution in [2.45, 2.75) is 38.8 Å². The van der Waals surface area contributed by atoms with E-state index >= 15 is 0 Å². The van der Waals surface area contributed by atoms with E-state index in [4.69, 9.17) is 4.74 Å². The molecule has 0 fully saturated rings. The van der Waals surface area contributed by atoms with Crippen molar-refractivity contribution in [1.29, 1.82) is 0 Å². The Morgan fingerprint density at radius 2 is 1.72 bits per heavy atom. The minimum Gasteiger partial charge on any atom is -0.443 e. The molecule has 4 nitrogen and oxygen atoms in total. The number of rotatable bonds is 2. The second-order valence-corrected chi connectivity index (χ2v) is 7.07. The largest absolute Gasteiger partial charge is 0.443 e. The average molecular weight is 341 g/mol. The highest BCUT2D eigenvalue weighted by Gasteiger charge is 2.40. The number of hydrogen-bond acceptors (Lipinski definition) is 3. The molecule has 0 saturated carbocycles. The number of amides is 1. The van der Waals surface area contributed by atoms with Crippen LogP contribution in [0, 0.1) is 5.82 Å². The lowest BCUT2D eigenvalue weighted by Gasteiger charge is -2.28. The summed E-state index contributed by atoms with van der Waals surface area (Å²) in [4.78, 5) is 27.1. The molecule has 0 N–H and O–H groups in total. The summed E-state index contributed by atoms with van der Waals surface area (Å²) in [7, 11) is 0. The molecule has 1 amide bonds. The smallest absolute Gasteiger partial charge is 0.415 e. The molecule has 5 heteroatoms. The van der Waals surface area contributed by atoms with Gasteiger partial charge in [0.05, 0.1) is 5.69 Å². The van der Waals surface area contributed by atoms with E-state index < -0.39 is 23.6 Å². The monoisotopic (exact) mass is 341 g/mol. The van der Waals surface area contributed by atoms with Crippen molar-refractivity contribution in [1.82, 2.24) is 0 Å². The van der Waals surface area contributed by atoms with Gasteiger partial charge in [0.1, 0.15) is 17.5 Å². The Kier molecular flexibility index (Phi) is 4.33. The fourth-order valence-electron chi connectivity index (χ4n) is 2.94. The molecule has 0 radical (unpaired) electrons. The first kappa shape index (κ1) is 17.1. The van der Waals surface area contributed by atoms with Crippen LogP contribution in [-0.4, -0.2) is 23.5 Å². The van der Waals surface area contributed by atoms with Gasteiger partial charge in [-0.05, 0) is 56.7 Å². The maximum atomic E-state index is 13.1. The third-order valence-corrected chi connectivity index (χ3v) is 4.00. The van der Waals surface area contributed by atoms with Crippen LogP contribution < -0.4 is 4.90 Å². The maximum absolute atomic E-state index is 13.1. The van der Waals surface area contributed by atoms with Gasteiger partial charge in [-0.2, -0.15) is 0 Å². The Hall–Kier alpha value is -2.69. The maximum Gasteiger partial charge on any atom is 0.415 e. The van der Waals surface area contributed by atoms with Gasteiger partial charge in [0, 0.05) is 12.0 Å². The zero-order valence-corrected chi connectivity index (χ0v) is 14.5. The molecule has 0 bridgehead atoms. The summed E-state index contributed by atoms with van der Waals surface area (Å²) in [6.45, 7) is 5.34. The predicted molar refractivity (Wildman–Crippen MR) is 93.4 cm³/mol. The number of ether oxygens (including phenoxy) is 1. The van der Waals surface area contributed by atoms with Gasteiger partial charge in [-0.25, -0.2) is 9.18 Å². The second-order valence-electron chi connectivity index (χ2n) is 7.07. The number of carbonyl (C=O) groups excluding carboxylic acids is 2. The molecule has 1 unspecified atom stereocenters. The van der Waals surface area contributed by atoms with Gasteiger partial charge in [-0.15, -0.1) is 0 Å². The van der Waals surface area contributed by atoms with Crippen molar-refractivity contribution in [3.05, 3.63) is 65.5 Å². The van der Waals surface area contributed by atoms with E-state index in [-0.39, 0.29) is 5.78 Å². The van der Waals surface area contributed by atoms with E-state index in [1.165, 1.54) is 29.2 Å². The number of fused-ring (bicyclic) bond motifs is 1. The van der Waals surface area contributed by atoms with Crippen LogP contribution >= 0.6 is 0 Å². The molecule has 25 heavy (non-hydrogen) atoms. The molecule has 2 aromatic rings. The fourth-order valence-corrected chi connectivity index (χ4v) is 2.94. The van der Waals surface area contributed by atoms with Crippen LogP contribution in [0.25, 0.3) is 0 Å². The minimum absolute atomic E-state index is 0.234. The van der Waals surface area contributed by atoms with E-state index in [2.05, 4.69) is 0 Å². The summed E-state index contributed by atoms with van der Waals surface area (Å²) >= 11 is 0. The van der Waals surface area contributed by atoms with Crippen molar-refractivity contribution >= 4 is 17.6 Å². The molecule has 1 heterocycles. The van der Waals surface area contributed by atoms with Gasteiger partial charge in [0.15, 0.2) is 5.78 Å². The summed E-state index contributed by atoms with van der Waals surface area (Å²) < 4.78 is 18.6. The molecule has 0 saturated heterocycles. The number of nitrogens with zero attached hydrogens (tertiary/aromatic N) is 1. The molecule has 0 spiro atoms. The Morgan fingerprint density at radius 1 is 1.08 bits per heavy atom. The Bertz CT molecular complexity index is 808. The molecule has 1 aliphatic rings. The van der Waals surface area contributed by atoms with E-state index in [1.54, 1.807) is 26.8 Å². The van der Waals surface area contributed by atoms with E-state index in [1.807, 2.05) is 18.2 Å². The molecule has 1 atom stereocenters. The summed E-state index contributed by atoms with van der Waals surface area (Å²) in [6.07, 6.45) is -0.149. The van der Waals surface area contributed by atoms with Crippen molar-refractivity contribution in [2.75, 3.05) is 4.90 Å². The Morgan fingerprint density at radius 3 is 2.36 bits per heavy atom. The van der Waals surface area contributed by atoms with Crippen LogP contribution in [0.5, 0.6) is 0 Å². The summed E-state index contributed by atoms with van der Waals surface area (Å²) in [5.41, 5.74) is 1.29. The molecular weight excluding hydrogens is 321 g/mol. The SMILES string of the molecule is CC(C)(C)OC(=O)N1c2ccccc2CC1C(=O)c1ccc(F)cc1. The molecular formula is C20H20FNO3. The highest BCUT2D eigenvalue weighted by atomic mass is 19.1. The van der Waals surface area contributed by atoms with E-state index in [9.17, 15) is 14.0 Å². The van der Waals surface area contributed by atoms with Crippen LogP contribution in [0.1, 0.15) is 36.7 Å². The minimum atomic E-state index is -0.697. The number of para-hydroxylation sites is 1. The van der Waals surface area contributed by atoms with Crippen LogP contribution in [0.3, 0.4) is 0 Å². The van der Waals surface area contributed by atoms with Gasteiger partial charge < -0.3 is 4.74 Å². The number of benzene rings is 2. The first-order valence-electron chi connectivity index (χ1n) is 8.16. The van der Waals surface area contributed by atoms with E-state index in [0.29, 0.717) is 17.7 Å². The number of ketones is 1. The molecule has 2 aromatic carbocycles. The zero-order chi connectivity index (χ0) is 18.2. The highest BCUT2D eigenvalue weighted by Crippen LogP contribution is 2.34. The topological polar surface area (TPSA) is 46.6 Å². The summed E-state index contributed by atoms with van der Waals surface area (Å²) in [5, 5.41) is 0. The lowest BCUT2D eigenvalue weighted by Crippen LogP contribution is -2.45. The van der Waals surface area contributed by atoms with Gasteiger partial charge in [0.25, 0.3) is 0 Å². The molecule has 0 aliphatic carbocycles. The van der Waals surface area contributed by atoms with Crippen molar-refractivity contribution in [2.24, 2.45) is 0 Å². The predicted octanol–water partition coefficient (Wildman–Crippen LogP) is 4.37. The standard InChI is InChI=1S/C20H20FNO3/c1-20(2,3)25-19(24)22-16-7-5-4-6-14(16)12-17(22)18(23)13-8-10-15(21)11-9-13/h4-11,17H,12H2,1-3H3. The van der Waals surface area contributed by atoms with Crippen LogP contribution in [0.15, 0.2) is 48.5 Å². The molecule has 0 aromatic heterocycles. The van der Waals surface area contributed by atoms with Crippen molar-refractivity contribution in [3.8, 4) is 0 Å². The van der Waals surface area contributed by atoms with Gasteiger partial charge in [0.2, 0.25) is 0 Å². The van der Waals surface area contributed by atoms with Crippen molar-refractivity contribution in [3.63, 3.8) is 0 Å². The number of anilines is 1. The van der Waals surface area contributed by atoms with Crippen LogP contribution in [0.2, 0.25) is 0 Å². The van der Waals surface area contributed by atoms with Gasteiger partial charge >= 0.3 is 6.09 Å². The highest BCUT2D eigenvalue weighted by molar-refractivity contribution is 6.08. The second kappa shape index (κ2) is 6.31. The fraction of sp³-hybridized carbons (Fsp3) is 0.300. The quantitative estimate of drug-likeness (QED) is 0.762. The summed E-state index contributed by atoms with van der Waals surface area (Å²) in [6, 6.07) is 12.1. The number of carbonyl (C=O) groups is 2. The van der Waals surface area contributed by atoms with E-state index in [0.717, 1.165) is 5.56 Å². The van der Waals surface area contributed by atoms with Gasteiger partial charge in [-0.1, -0.05) is 18.2 Å². The zero-order valence-electron chi connectivity index (χ0n) is 14.5. The summed E-state index contributed by atoms with van der Waals surface area (Å²) in [5.74, 6) is -0.641. The first-order chi connectivity index (χ1) is 11.8. The third-order valence-electron chi connectivity index (χ3n) is 4.00. The number of Topliss-reactive ketones (excluding diaryl/α,β-unsaturated/α-hetero) is 1. The lowest BCUT2D eigenvalue weighted by atomic mass is 10.0. The van der Waals surface area contributed by atoms with Crippen LogP contribution in [-0.2, 0) is 11.2 Å². The molecule has 1 aliphatic heterocycles. The van der Waals surface area contributed by atoms with Gasteiger partial charge in [-0.3, -0.25) is 9.69 Å². The normalized spacial score (nSPS) is 16.5. The third kappa shape index (κ3) is 3.55. The van der Waals surface area contributed by atoms with Crippen LogP contribution in [0.4, 0.5) is 14.9 Å². The first-order valence-corrected chi connectivity index (χ1v) is 8.16. The van der Waals surface area contributed by atoms with Crippen molar-refractivity contribution < 1.29 is 18.7 Å². The molecule has 130 valence electrons. The average Bonchev–Trinajstić information content (AvgIpc) is 2.93.